The van der Waals surface area contributed by atoms with Gasteiger partial charge in [0, 0.05) is 24.2 Å². The molecule has 0 fully saturated rings. The number of pyridine rings is 1. The first kappa shape index (κ1) is 15.4. The minimum atomic E-state index is -0.437. The monoisotopic (exact) mass is 330 g/mol. The summed E-state index contributed by atoms with van der Waals surface area (Å²) in [5.41, 5.74) is 2.52. The highest BCUT2D eigenvalue weighted by Crippen LogP contribution is 2.18. The van der Waals surface area contributed by atoms with Gasteiger partial charge in [-0.25, -0.2) is 9.78 Å². The summed E-state index contributed by atoms with van der Waals surface area (Å²) in [4.78, 5) is 15.9. The van der Waals surface area contributed by atoms with Gasteiger partial charge in [0.2, 0.25) is 0 Å². The smallest absolute Gasteiger partial charge is 0.344 e. The standard InChI is InChI=1S/C17H15ClN2O3/c1-12-3-2-4-14(7-12)22-11-16(21)23-10-13-8-15(18)17-19-5-6-20(17)9-13/h2-9H,10-11H2,1H3. The number of carbonyl (C=O) groups is 1. The Labute approximate surface area is 138 Å². The maximum Gasteiger partial charge on any atom is 0.344 e. The van der Waals surface area contributed by atoms with Crippen molar-refractivity contribution in [3.63, 3.8) is 0 Å². The summed E-state index contributed by atoms with van der Waals surface area (Å²) in [5.74, 6) is 0.207. The summed E-state index contributed by atoms with van der Waals surface area (Å²) in [6.45, 7) is 1.95. The molecule has 0 atom stereocenters. The number of hydrogen-bond donors (Lipinski definition) is 0. The molecule has 0 unspecified atom stereocenters. The highest BCUT2D eigenvalue weighted by Gasteiger charge is 2.08. The number of rotatable bonds is 5. The van der Waals surface area contributed by atoms with Crippen LogP contribution in [0.1, 0.15) is 11.1 Å². The molecule has 5 nitrogen and oxygen atoms in total. The predicted molar refractivity (Wildman–Crippen MR) is 86.7 cm³/mol. The van der Waals surface area contributed by atoms with Crippen LogP contribution < -0.4 is 4.74 Å². The van der Waals surface area contributed by atoms with Crippen LogP contribution in [0.25, 0.3) is 5.65 Å². The molecule has 0 saturated heterocycles. The van der Waals surface area contributed by atoms with Crippen LogP contribution >= 0.6 is 11.6 Å². The lowest BCUT2D eigenvalue weighted by molar-refractivity contribution is -0.147. The average molecular weight is 331 g/mol. The van der Waals surface area contributed by atoms with Gasteiger partial charge in [-0.2, -0.15) is 0 Å². The van der Waals surface area contributed by atoms with Gasteiger partial charge >= 0.3 is 5.97 Å². The number of aromatic nitrogens is 2. The third-order valence-electron chi connectivity index (χ3n) is 3.25. The minimum absolute atomic E-state index is 0.129. The minimum Gasteiger partial charge on any atom is -0.482 e. The lowest BCUT2D eigenvalue weighted by Gasteiger charge is -2.08. The van der Waals surface area contributed by atoms with Gasteiger partial charge in [0.25, 0.3) is 0 Å². The number of aryl methyl sites for hydroxylation is 1. The average Bonchev–Trinajstić information content (AvgIpc) is 3.00. The number of fused-ring (bicyclic) bond motifs is 1. The fourth-order valence-corrected chi connectivity index (χ4v) is 2.46. The van der Waals surface area contributed by atoms with Gasteiger partial charge in [-0.15, -0.1) is 0 Å². The highest BCUT2D eigenvalue weighted by molar-refractivity contribution is 6.33. The molecule has 1 aromatic carbocycles. The van der Waals surface area contributed by atoms with Crippen LogP contribution in [-0.2, 0) is 16.1 Å². The predicted octanol–water partition coefficient (Wildman–Crippen LogP) is 3.42. The van der Waals surface area contributed by atoms with E-state index in [1.54, 1.807) is 28.9 Å². The van der Waals surface area contributed by atoms with Crippen molar-refractivity contribution in [2.45, 2.75) is 13.5 Å². The van der Waals surface area contributed by atoms with Gasteiger partial charge in [-0.05, 0) is 30.7 Å². The van der Waals surface area contributed by atoms with E-state index in [4.69, 9.17) is 21.1 Å². The number of nitrogens with zero attached hydrogens (tertiary/aromatic N) is 2. The normalized spacial score (nSPS) is 10.7. The Morgan fingerprint density at radius 3 is 3.04 bits per heavy atom. The molecule has 2 heterocycles. The molecule has 0 amide bonds. The molecule has 118 valence electrons. The van der Waals surface area contributed by atoms with Crippen molar-refractivity contribution in [2.24, 2.45) is 0 Å². The molecular formula is C17H15ClN2O3. The first-order valence-electron chi connectivity index (χ1n) is 7.08. The van der Waals surface area contributed by atoms with Crippen molar-refractivity contribution in [1.29, 1.82) is 0 Å². The zero-order valence-corrected chi connectivity index (χ0v) is 13.3. The summed E-state index contributed by atoms with van der Waals surface area (Å²) in [6, 6.07) is 9.23. The number of esters is 1. The van der Waals surface area contributed by atoms with Crippen molar-refractivity contribution >= 4 is 23.2 Å². The molecule has 0 aliphatic carbocycles. The molecule has 0 radical (unpaired) electrons. The number of carbonyl (C=O) groups excluding carboxylic acids is 1. The van der Waals surface area contributed by atoms with Crippen LogP contribution in [0.2, 0.25) is 5.02 Å². The number of ether oxygens (including phenoxy) is 2. The molecule has 23 heavy (non-hydrogen) atoms. The van der Waals surface area contributed by atoms with Gasteiger partial charge in [-0.3, -0.25) is 0 Å². The first-order chi connectivity index (χ1) is 11.1. The van der Waals surface area contributed by atoms with Gasteiger partial charge in [-0.1, -0.05) is 23.7 Å². The zero-order valence-electron chi connectivity index (χ0n) is 12.5. The molecule has 6 heteroatoms. The zero-order chi connectivity index (χ0) is 16.2. The van der Waals surface area contributed by atoms with E-state index >= 15 is 0 Å². The molecule has 0 aliphatic heterocycles. The Balaban J connectivity index is 1.55. The second kappa shape index (κ2) is 6.71. The van der Waals surface area contributed by atoms with Crippen LogP contribution in [0.3, 0.4) is 0 Å². The third kappa shape index (κ3) is 3.81. The van der Waals surface area contributed by atoms with Crippen molar-refractivity contribution < 1.29 is 14.3 Å². The molecule has 0 saturated carbocycles. The van der Waals surface area contributed by atoms with E-state index in [1.165, 1.54) is 0 Å². The quantitative estimate of drug-likeness (QED) is 0.673. The van der Waals surface area contributed by atoms with Gasteiger partial charge in [0.05, 0.1) is 5.02 Å². The second-order valence-electron chi connectivity index (χ2n) is 5.12. The summed E-state index contributed by atoms with van der Waals surface area (Å²) in [5, 5.41) is 0.513. The van der Waals surface area contributed by atoms with Crippen molar-refractivity contribution in [3.8, 4) is 5.75 Å². The fourth-order valence-electron chi connectivity index (χ4n) is 2.18. The Morgan fingerprint density at radius 2 is 2.22 bits per heavy atom. The SMILES string of the molecule is Cc1cccc(OCC(=O)OCc2cc(Cl)c3nccn3c2)c1. The fraction of sp³-hybridized carbons (Fsp3) is 0.176. The lowest BCUT2D eigenvalue weighted by atomic mass is 10.2. The van der Waals surface area contributed by atoms with E-state index in [1.807, 2.05) is 31.3 Å². The largest absolute Gasteiger partial charge is 0.482 e. The van der Waals surface area contributed by atoms with Crippen LogP contribution in [0.15, 0.2) is 48.9 Å². The number of hydrogen-bond acceptors (Lipinski definition) is 4. The van der Waals surface area contributed by atoms with Crippen molar-refractivity contribution in [2.75, 3.05) is 6.61 Å². The highest BCUT2D eigenvalue weighted by atomic mass is 35.5. The van der Waals surface area contributed by atoms with E-state index in [9.17, 15) is 4.79 Å². The molecule has 3 aromatic rings. The van der Waals surface area contributed by atoms with E-state index in [-0.39, 0.29) is 13.2 Å². The Hall–Kier alpha value is -2.53. The first-order valence-corrected chi connectivity index (χ1v) is 7.46. The molecule has 3 rings (SSSR count). The molecule has 0 spiro atoms. The van der Waals surface area contributed by atoms with Crippen LogP contribution in [0, 0.1) is 6.92 Å². The van der Waals surface area contributed by atoms with Gasteiger partial charge < -0.3 is 13.9 Å². The molecule has 2 aromatic heterocycles. The second-order valence-corrected chi connectivity index (χ2v) is 5.53. The topological polar surface area (TPSA) is 52.8 Å². The molecular weight excluding hydrogens is 316 g/mol. The Kier molecular flexibility index (Phi) is 4.48. The van der Waals surface area contributed by atoms with Crippen LogP contribution in [0.5, 0.6) is 5.75 Å². The summed E-state index contributed by atoms with van der Waals surface area (Å²) in [7, 11) is 0. The third-order valence-corrected chi connectivity index (χ3v) is 3.52. The molecule has 0 N–H and O–H groups in total. The number of benzene rings is 1. The Morgan fingerprint density at radius 1 is 1.35 bits per heavy atom. The van der Waals surface area contributed by atoms with E-state index in [2.05, 4.69) is 4.98 Å². The molecule has 0 bridgehead atoms. The number of imidazole rings is 1. The van der Waals surface area contributed by atoms with Crippen molar-refractivity contribution in [3.05, 3.63) is 65.1 Å². The van der Waals surface area contributed by atoms with Gasteiger partial charge in [0.1, 0.15) is 12.4 Å². The number of halogens is 1. The summed E-state index contributed by atoms with van der Waals surface area (Å²) < 4.78 is 12.4. The van der Waals surface area contributed by atoms with Crippen LogP contribution in [0.4, 0.5) is 0 Å². The molecule has 0 aliphatic rings. The maximum absolute atomic E-state index is 11.8. The van der Waals surface area contributed by atoms with Gasteiger partial charge in [0.15, 0.2) is 12.3 Å². The summed E-state index contributed by atoms with van der Waals surface area (Å²) in [6.07, 6.45) is 5.27. The van der Waals surface area contributed by atoms with E-state index in [0.717, 1.165) is 11.1 Å². The Bertz CT molecular complexity index is 845. The van der Waals surface area contributed by atoms with E-state index < -0.39 is 5.97 Å². The maximum atomic E-state index is 11.8. The lowest BCUT2D eigenvalue weighted by Crippen LogP contribution is -2.15. The van der Waals surface area contributed by atoms with Crippen LogP contribution in [-0.4, -0.2) is 22.0 Å². The van der Waals surface area contributed by atoms with Crippen molar-refractivity contribution in [1.82, 2.24) is 9.38 Å². The summed E-state index contributed by atoms with van der Waals surface area (Å²) >= 11 is 6.13. The van der Waals surface area contributed by atoms with E-state index in [0.29, 0.717) is 16.4 Å².